The smallest absolute Gasteiger partial charge is 0.188 e. The maximum atomic E-state index is 5.88. The van der Waals surface area contributed by atoms with Gasteiger partial charge in [-0.2, -0.15) is 5.10 Å². The Labute approximate surface area is 120 Å². The summed E-state index contributed by atoms with van der Waals surface area (Å²) in [5.74, 6) is 0.435. The fourth-order valence-corrected chi connectivity index (χ4v) is 1.95. The van der Waals surface area contributed by atoms with E-state index < -0.39 is 0 Å². The highest BCUT2D eigenvalue weighted by atomic mass is 16.5. The number of nitrogens with one attached hydrogen (secondary N) is 1. The molecule has 0 saturated heterocycles. The van der Waals surface area contributed by atoms with Gasteiger partial charge in [0.05, 0.1) is 25.4 Å². The van der Waals surface area contributed by atoms with Gasteiger partial charge in [0.2, 0.25) is 0 Å². The quantitative estimate of drug-likeness (QED) is 0.542. The summed E-state index contributed by atoms with van der Waals surface area (Å²) in [6.45, 7) is 3.17. The molecule has 0 saturated carbocycles. The van der Waals surface area contributed by atoms with E-state index in [4.69, 9.17) is 10.5 Å². The second-order valence-corrected chi connectivity index (χ2v) is 5.15. The molecule has 3 N–H and O–H groups in total. The Kier molecular flexibility index (Phi) is 6.47. The Morgan fingerprint density at radius 3 is 2.80 bits per heavy atom. The van der Waals surface area contributed by atoms with Crippen LogP contribution in [0.25, 0.3) is 0 Å². The first-order chi connectivity index (χ1) is 9.43. The van der Waals surface area contributed by atoms with Crippen molar-refractivity contribution in [3.63, 3.8) is 0 Å². The van der Waals surface area contributed by atoms with Crippen molar-refractivity contribution >= 4 is 5.96 Å². The maximum absolute atomic E-state index is 5.88. The van der Waals surface area contributed by atoms with Crippen LogP contribution in [0, 0.1) is 0 Å². The summed E-state index contributed by atoms with van der Waals surface area (Å²) in [5, 5.41) is 7.29. The number of nitrogens with two attached hydrogens (primary N) is 1. The van der Waals surface area contributed by atoms with E-state index in [0.29, 0.717) is 19.1 Å². The summed E-state index contributed by atoms with van der Waals surface area (Å²) < 4.78 is 6.84. The zero-order chi connectivity index (χ0) is 15.1. The first-order valence-electron chi connectivity index (χ1n) is 6.64. The lowest BCUT2D eigenvalue weighted by Crippen LogP contribution is -2.41. The van der Waals surface area contributed by atoms with E-state index in [1.165, 1.54) is 0 Å². The SMILES string of the molecule is COCC(C)NC(N)=NCC(c1cnn(C)c1)N(C)C. The molecular weight excluding hydrogens is 256 g/mol. The van der Waals surface area contributed by atoms with Gasteiger partial charge >= 0.3 is 0 Å². The molecule has 7 nitrogen and oxygen atoms in total. The molecule has 1 rings (SSSR count). The molecule has 0 aliphatic heterocycles. The van der Waals surface area contributed by atoms with Gasteiger partial charge in [-0.3, -0.25) is 9.67 Å². The van der Waals surface area contributed by atoms with Crippen LogP contribution in [0.2, 0.25) is 0 Å². The number of rotatable bonds is 7. The van der Waals surface area contributed by atoms with Crippen molar-refractivity contribution in [2.75, 3.05) is 34.4 Å². The number of hydrogen-bond donors (Lipinski definition) is 2. The molecule has 0 aromatic carbocycles. The van der Waals surface area contributed by atoms with Crippen LogP contribution in [0.15, 0.2) is 17.4 Å². The fourth-order valence-electron chi connectivity index (χ4n) is 1.95. The number of likely N-dealkylation sites (N-methyl/N-ethyl adjacent to an activating group) is 1. The molecule has 2 atom stereocenters. The summed E-state index contributed by atoms with van der Waals surface area (Å²) in [4.78, 5) is 6.51. The van der Waals surface area contributed by atoms with Crippen molar-refractivity contribution in [1.82, 2.24) is 20.0 Å². The highest BCUT2D eigenvalue weighted by molar-refractivity contribution is 5.78. The van der Waals surface area contributed by atoms with Gasteiger partial charge in [0.25, 0.3) is 0 Å². The third-order valence-corrected chi connectivity index (χ3v) is 2.98. The molecule has 0 spiro atoms. The standard InChI is InChI=1S/C13H26N6O/c1-10(9-20-5)17-13(14)15-7-12(18(2)3)11-6-16-19(4)8-11/h6,8,10,12H,7,9H2,1-5H3,(H3,14,15,17). The zero-order valence-electron chi connectivity index (χ0n) is 13.0. The summed E-state index contributed by atoms with van der Waals surface area (Å²) in [7, 11) is 7.60. The third kappa shape index (κ3) is 5.18. The first kappa shape index (κ1) is 16.5. The van der Waals surface area contributed by atoms with Gasteiger partial charge in [-0.05, 0) is 21.0 Å². The van der Waals surface area contributed by atoms with Crippen molar-refractivity contribution in [2.24, 2.45) is 17.8 Å². The molecule has 2 unspecified atom stereocenters. The highest BCUT2D eigenvalue weighted by Crippen LogP contribution is 2.17. The third-order valence-electron chi connectivity index (χ3n) is 2.98. The van der Waals surface area contributed by atoms with Crippen LogP contribution in [-0.4, -0.2) is 61.0 Å². The van der Waals surface area contributed by atoms with Crippen LogP contribution in [0.3, 0.4) is 0 Å². The molecule has 0 radical (unpaired) electrons. The van der Waals surface area contributed by atoms with Crippen LogP contribution in [0.4, 0.5) is 0 Å². The predicted molar refractivity (Wildman–Crippen MR) is 80.6 cm³/mol. The lowest BCUT2D eigenvalue weighted by atomic mass is 10.1. The largest absolute Gasteiger partial charge is 0.383 e. The number of nitrogens with zero attached hydrogens (tertiary/aromatic N) is 4. The average Bonchev–Trinajstić information content (AvgIpc) is 2.75. The molecule has 0 amide bonds. The molecule has 1 heterocycles. The van der Waals surface area contributed by atoms with Crippen LogP contribution in [-0.2, 0) is 11.8 Å². The normalized spacial score (nSPS) is 15.4. The van der Waals surface area contributed by atoms with Crippen molar-refractivity contribution in [3.8, 4) is 0 Å². The molecule has 1 aromatic rings. The van der Waals surface area contributed by atoms with Crippen LogP contribution in [0.5, 0.6) is 0 Å². The van der Waals surface area contributed by atoms with E-state index in [9.17, 15) is 0 Å². The van der Waals surface area contributed by atoms with Crippen LogP contribution in [0.1, 0.15) is 18.5 Å². The second-order valence-electron chi connectivity index (χ2n) is 5.15. The Bertz CT molecular complexity index is 428. The highest BCUT2D eigenvalue weighted by Gasteiger charge is 2.15. The Morgan fingerprint density at radius 2 is 2.30 bits per heavy atom. The van der Waals surface area contributed by atoms with Gasteiger partial charge in [0, 0.05) is 32.0 Å². The van der Waals surface area contributed by atoms with Crippen molar-refractivity contribution in [1.29, 1.82) is 0 Å². The van der Waals surface area contributed by atoms with E-state index in [1.807, 2.05) is 40.5 Å². The molecule has 1 aromatic heterocycles. The fraction of sp³-hybridized carbons (Fsp3) is 0.692. The van der Waals surface area contributed by atoms with Crippen LogP contribution >= 0.6 is 0 Å². The van der Waals surface area contributed by atoms with E-state index in [0.717, 1.165) is 5.56 Å². The van der Waals surface area contributed by atoms with Gasteiger partial charge in [0.1, 0.15) is 0 Å². The molecule has 0 aliphatic rings. The molecule has 0 aliphatic carbocycles. The van der Waals surface area contributed by atoms with Gasteiger partial charge in [-0.15, -0.1) is 0 Å². The number of aliphatic imine (C=N–C) groups is 1. The number of hydrogen-bond acceptors (Lipinski definition) is 4. The lowest BCUT2D eigenvalue weighted by molar-refractivity contribution is 0.179. The monoisotopic (exact) mass is 282 g/mol. The summed E-state index contributed by atoms with van der Waals surface area (Å²) in [6, 6.07) is 0.293. The number of guanidine groups is 1. The van der Waals surface area contributed by atoms with Crippen molar-refractivity contribution in [3.05, 3.63) is 18.0 Å². The van der Waals surface area contributed by atoms with E-state index in [2.05, 4.69) is 20.3 Å². The predicted octanol–water partition coefficient (Wildman–Crippen LogP) is -0.0380. The number of aryl methyl sites for hydroxylation is 1. The minimum atomic E-state index is 0.139. The van der Waals surface area contributed by atoms with Crippen molar-refractivity contribution in [2.45, 2.75) is 19.0 Å². The summed E-state index contributed by atoms with van der Waals surface area (Å²) in [5.41, 5.74) is 7.00. The Morgan fingerprint density at radius 1 is 1.60 bits per heavy atom. The molecule has 0 fully saturated rings. The van der Waals surface area contributed by atoms with Gasteiger partial charge < -0.3 is 20.7 Å². The maximum Gasteiger partial charge on any atom is 0.188 e. The minimum Gasteiger partial charge on any atom is -0.383 e. The molecular formula is C13H26N6O. The summed E-state index contributed by atoms with van der Waals surface area (Å²) >= 11 is 0. The molecule has 7 heteroatoms. The molecule has 114 valence electrons. The Balaban J connectivity index is 2.63. The minimum absolute atomic E-state index is 0.139. The van der Waals surface area contributed by atoms with E-state index in [1.54, 1.807) is 11.8 Å². The van der Waals surface area contributed by atoms with Gasteiger partial charge in [-0.1, -0.05) is 0 Å². The second kappa shape index (κ2) is 7.86. The van der Waals surface area contributed by atoms with Crippen molar-refractivity contribution < 1.29 is 4.74 Å². The number of aromatic nitrogens is 2. The number of ether oxygens (including phenoxy) is 1. The number of methoxy groups -OCH3 is 1. The lowest BCUT2D eigenvalue weighted by Gasteiger charge is -2.22. The van der Waals surface area contributed by atoms with Gasteiger partial charge in [0.15, 0.2) is 5.96 Å². The Hall–Kier alpha value is -1.60. The summed E-state index contributed by atoms with van der Waals surface area (Å²) in [6.07, 6.45) is 3.86. The van der Waals surface area contributed by atoms with Gasteiger partial charge in [-0.25, -0.2) is 0 Å². The molecule has 0 bridgehead atoms. The first-order valence-corrected chi connectivity index (χ1v) is 6.64. The van der Waals surface area contributed by atoms with Crippen LogP contribution < -0.4 is 11.1 Å². The topological polar surface area (TPSA) is 80.7 Å². The zero-order valence-corrected chi connectivity index (χ0v) is 13.0. The van der Waals surface area contributed by atoms with E-state index in [-0.39, 0.29) is 12.1 Å². The van der Waals surface area contributed by atoms with E-state index >= 15 is 0 Å². The average molecular weight is 282 g/mol. The molecule has 20 heavy (non-hydrogen) atoms.